The maximum atomic E-state index is 11.8. The van der Waals surface area contributed by atoms with Crippen LogP contribution < -0.4 is 0 Å². The highest BCUT2D eigenvalue weighted by molar-refractivity contribution is 6.32. The number of aryl methyl sites for hydroxylation is 3. The Morgan fingerprint density at radius 2 is 1.85 bits per heavy atom. The average molecular weight is 384 g/mol. The zero-order valence-corrected chi connectivity index (χ0v) is 16.2. The third kappa shape index (κ3) is 2.84. The molecule has 8 heteroatoms. The number of esters is 1. The van der Waals surface area contributed by atoms with E-state index in [2.05, 4.69) is 15.0 Å². The maximum Gasteiger partial charge on any atom is 0.356 e. The minimum absolute atomic E-state index is 0.244. The second-order valence-electron chi connectivity index (χ2n) is 6.43. The summed E-state index contributed by atoms with van der Waals surface area (Å²) < 4.78 is 8.71. The molecule has 0 aliphatic heterocycles. The van der Waals surface area contributed by atoms with Gasteiger partial charge in [-0.1, -0.05) is 11.6 Å². The number of carbonyl (C=O) groups excluding carboxylic acids is 1. The lowest BCUT2D eigenvalue weighted by Crippen LogP contribution is -2.07. The van der Waals surface area contributed by atoms with Crippen LogP contribution in [-0.4, -0.2) is 37.2 Å². The van der Waals surface area contributed by atoms with Gasteiger partial charge in [0, 0.05) is 12.1 Å². The Kier molecular flexibility index (Phi) is 4.11. The smallest absolute Gasteiger partial charge is 0.356 e. The molecule has 0 radical (unpaired) electrons. The van der Waals surface area contributed by atoms with Crippen molar-refractivity contribution in [3.05, 3.63) is 52.2 Å². The predicted molar refractivity (Wildman–Crippen MR) is 103 cm³/mol. The molecule has 0 unspecified atom stereocenters. The van der Waals surface area contributed by atoms with Crippen LogP contribution in [0.25, 0.3) is 22.2 Å². The van der Waals surface area contributed by atoms with Gasteiger partial charge in [0.05, 0.1) is 24.7 Å². The number of rotatable bonds is 3. The predicted octanol–water partition coefficient (Wildman–Crippen LogP) is 3.42. The first-order chi connectivity index (χ1) is 12.9. The monoisotopic (exact) mass is 383 g/mol. The van der Waals surface area contributed by atoms with Crippen LogP contribution in [0.4, 0.5) is 0 Å². The molecule has 0 spiro atoms. The Morgan fingerprint density at radius 1 is 1.11 bits per heavy atom. The van der Waals surface area contributed by atoms with Gasteiger partial charge in [-0.25, -0.2) is 19.7 Å². The Morgan fingerprint density at radius 3 is 2.59 bits per heavy atom. The van der Waals surface area contributed by atoms with Crippen molar-refractivity contribution >= 4 is 39.8 Å². The number of carbonyl (C=O) groups is 1. The van der Waals surface area contributed by atoms with E-state index in [1.54, 1.807) is 12.1 Å². The van der Waals surface area contributed by atoms with Gasteiger partial charge in [-0.15, -0.1) is 0 Å². The van der Waals surface area contributed by atoms with Crippen molar-refractivity contribution in [2.75, 3.05) is 7.11 Å². The van der Waals surface area contributed by atoms with Crippen LogP contribution >= 0.6 is 11.6 Å². The number of halogens is 1. The fraction of sp³-hybridized carbons (Fsp3) is 0.263. The largest absolute Gasteiger partial charge is 0.464 e. The molecule has 0 bridgehead atoms. The quantitative estimate of drug-likeness (QED) is 0.507. The van der Waals surface area contributed by atoms with E-state index >= 15 is 0 Å². The minimum atomic E-state index is -0.481. The lowest BCUT2D eigenvalue weighted by molar-refractivity contribution is 0.0594. The molecule has 1 aromatic carbocycles. The Labute approximate surface area is 160 Å². The van der Waals surface area contributed by atoms with Crippen molar-refractivity contribution in [1.82, 2.24) is 24.1 Å². The topological polar surface area (TPSA) is 74.8 Å². The summed E-state index contributed by atoms with van der Waals surface area (Å²) in [5, 5.41) is 0.649. The van der Waals surface area contributed by atoms with E-state index in [0.717, 1.165) is 28.2 Å². The van der Waals surface area contributed by atoms with Crippen molar-refractivity contribution in [3.63, 3.8) is 0 Å². The lowest BCUT2D eigenvalue weighted by Gasteiger charge is -2.09. The van der Waals surface area contributed by atoms with Gasteiger partial charge < -0.3 is 13.9 Å². The number of fused-ring (bicyclic) bond motifs is 2. The van der Waals surface area contributed by atoms with Gasteiger partial charge in [-0.3, -0.25) is 0 Å². The molecule has 0 fully saturated rings. The molecule has 3 aromatic heterocycles. The highest BCUT2D eigenvalue weighted by atomic mass is 35.5. The first kappa shape index (κ1) is 17.5. The molecule has 0 saturated heterocycles. The molecule has 0 atom stereocenters. The number of hydrogen-bond acceptors (Lipinski definition) is 5. The number of aromatic nitrogens is 5. The molecule has 27 heavy (non-hydrogen) atoms. The van der Waals surface area contributed by atoms with Crippen molar-refractivity contribution < 1.29 is 9.53 Å². The van der Waals surface area contributed by atoms with Crippen molar-refractivity contribution in [2.45, 2.75) is 20.4 Å². The van der Waals surface area contributed by atoms with Crippen LogP contribution in [0.5, 0.6) is 0 Å². The average Bonchev–Trinajstić information content (AvgIpc) is 3.11. The van der Waals surface area contributed by atoms with Crippen LogP contribution in [0.3, 0.4) is 0 Å². The zero-order valence-electron chi connectivity index (χ0n) is 15.4. The van der Waals surface area contributed by atoms with E-state index in [4.69, 9.17) is 16.3 Å². The summed E-state index contributed by atoms with van der Waals surface area (Å²) in [5.74, 6) is 1.23. The number of benzene rings is 1. The summed E-state index contributed by atoms with van der Waals surface area (Å²) in [7, 11) is 3.30. The van der Waals surface area contributed by atoms with E-state index < -0.39 is 5.97 Å². The molecular weight excluding hydrogens is 366 g/mol. The molecule has 0 saturated carbocycles. The summed E-state index contributed by atoms with van der Waals surface area (Å²) in [6.07, 6.45) is 0. The van der Waals surface area contributed by atoms with Gasteiger partial charge in [0.2, 0.25) is 0 Å². The van der Waals surface area contributed by atoms with Crippen molar-refractivity contribution in [3.8, 4) is 0 Å². The Balaban J connectivity index is 1.83. The van der Waals surface area contributed by atoms with Crippen LogP contribution in [0.2, 0.25) is 5.02 Å². The SMILES string of the molecule is COC(=O)c1ccc2nc(C)n(Cc3cc4nc(C)n(C)c4cc3Cl)c2n1. The van der Waals surface area contributed by atoms with Crippen LogP contribution in [0, 0.1) is 13.8 Å². The zero-order chi connectivity index (χ0) is 19.3. The number of hydrogen-bond donors (Lipinski definition) is 0. The van der Waals surface area contributed by atoms with Crippen molar-refractivity contribution in [1.29, 1.82) is 0 Å². The summed E-state index contributed by atoms with van der Waals surface area (Å²) in [4.78, 5) is 25.4. The first-order valence-electron chi connectivity index (χ1n) is 8.42. The van der Waals surface area contributed by atoms with Gasteiger partial charge in [0.25, 0.3) is 0 Å². The number of methoxy groups -OCH3 is 1. The molecule has 4 rings (SSSR count). The second-order valence-corrected chi connectivity index (χ2v) is 6.83. The molecule has 138 valence electrons. The molecule has 0 aliphatic carbocycles. The van der Waals surface area contributed by atoms with Crippen LogP contribution in [-0.2, 0) is 18.3 Å². The van der Waals surface area contributed by atoms with Gasteiger partial charge >= 0.3 is 5.97 Å². The van der Waals surface area contributed by atoms with E-state index in [-0.39, 0.29) is 5.69 Å². The number of pyridine rings is 1. The number of nitrogens with zero attached hydrogens (tertiary/aromatic N) is 5. The third-order valence-corrected chi connectivity index (χ3v) is 5.13. The molecule has 0 aliphatic rings. The van der Waals surface area contributed by atoms with Crippen LogP contribution in [0.1, 0.15) is 27.7 Å². The highest BCUT2D eigenvalue weighted by Crippen LogP contribution is 2.26. The summed E-state index contributed by atoms with van der Waals surface area (Å²) >= 11 is 6.54. The molecule has 3 heterocycles. The van der Waals surface area contributed by atoms with E-state index in [1.165, 1.54) is 7.11 Å². The Hall–Kier alpha value is -2.93. The molecule has 0 N–H and O–H groups in total. The van der Waals surface area contributed by atoms with Gasteiger partial charge in [0.15, 0.2) is 11.3 Å². The fourth-order valence-corrected chi connectivity index (χ4v) is 3.41. The van der Waals surface area contributed by atoms with Gasteiger partial charge in [-0.05, 0) is 43.7 Å². The standard InChI is InChI=1S/C19H18ClN5O2/c1-10-21-16-7-12(13(20)8-17(16)24(10)3)9-25-11(2)22-14-5-6-15(19(26)27-4)23-18(14)25/h5-8H,9H2,1-4H3. The molecule has 4 aromatic rings. The Bertz CT molecular complexity index is 1210. The van der Waals surface area contributed by atoms with E-state index in [1.807, 2.05) is 42.2 Å². The first-order valence-corrected chi connectivity index (χ1v) is 8.80. The summed E-state index contributed by atoms with van der Waals surface area (Å²) in [6, 6.07) is 7.29. The maximum absolute atomic E-state index is 11.8. The van der Waals surface area contributed by atoms with Crippen LogP contribution in [0.15, 0.2) is 24.3 Å². The lowest BCUT2D eigenvalue weighted by atomic mass is 10.2. The molecule has 7 nitrogen and oxygen atoms in total. The minimum Gasteiger partial charge on any atom is -0.464 e. The van der Waals surface area contributed by atoms with Gasteiger partial charge in [-0.2, -0.15) is 0 Å². The van der Waals surface area contributed by atoms with E-state index in [0.29, 0.717) is 22.7 Å². The molecule has 0 amide bonds. The van der Waals surface area contributed by atoms with Gasteiger partial charge in [0.1, 0.15) is 17.2 Å². The highest BCUT2D eigenvalue weighted by Gasteiger charge is 2.16. The fourth-order valence-electron chi connectivity index (χ4n) is 3.19. The van der Waals surface area contributed by atoms with Crippen molar-refractivity contribution in [2.24, 2.45) is 7.05 Å². The number of imidazole rings is 2. The molecular formula is C19H18ClN5O2. The third-order valence-electron chi connectivity index (χ3n) is 4.78. The summed E-state index contributed by atoms with van der Waals surface area (Å²) in [5.41, 5.74) is 4.36. The van der Waals surface area contributed by atoms with E-state index in [9.17, 15) is 4.79 Å². The summed E-state index contributed by atoms with van der Waals surface area (Å²) in [6.45, 7) is 4.33. The number of ether oxygens (including phenoxy) is 1. The normalized spacial score (nSPS) is 11.4. The second kappa shape index (κ2) is 6.35.